The van der Waals surface area contributed by atoms with E-state index in [0.29, 0.717) is 23.8 Å². The molecular formula is C15H27Cl9Cs2CuI3NO5. The standard InChI is InChI=1S/C8H19N.C2H4Cl2.CCl4.CHCl3.CH3I.CH2O3.CO2.2Cs.Cu.2HI/c1-6-9(7(2)3)8(4)5;3-1-2-4;2-1(3,4)5;2-1(3)4;1-2;2-1(3)4;2-1-3;;;;;/h7-8H,6H2,1-5H3;1-2H2;;1H;1H3;(H2,2,3,4);;;;;2*1H/q;;;;;;;2*+1;+2;;/p-4. The van der Waals surface area contributed by atoms with Gasteiger partial charge in [-0.2, -0.15) is 9.59 Å². The molecule has 6 nitrogen and oxygen atoms in total. The molecule has 0 N–H and O–H groups in total. The molecule has 0 aromatic heterocycles. The van der Waals surface area contributed by atoms with Crippen molar-refractivity contribution in [3.63, 3.8) is 0 Å². The van der Waals surface area contributed by atoms with Gasteiger partial charge in [-0.1, -0.05) is 111 Å². The van der Waals surface area contributed by atoms with Crippen molar-refractivity contribution >= 4 is 180 Å². The van der Waals surface area contributed by atoms with Crippen molar-refractivity contribution in [2.45, 2.75) is 54.2 Å². The van der Waals surface area contributed by atoms with E-state index >= 15 is 0 Å². The molecule has 0 atom stereocenters. The zero-order chi connectivity index (χ0) is 29.9. The normalized spacial score (nSPS) is 8.17. The second kappa shape index (κ2) is 65.6. The summed E-state index contributed by atoms with van der Waals surface area (Å²) < 4.78 is -2.36. The Morgan fingerprint density at radius 3 is 1.00 bits per heavy atom. The molecule has 0 amide bonds. The summed E-state index contributed by atoms with van der Waals surface area (Å²) in [7, 11) is 1.75. The van der Waals surface area contributed by atoms with Crippen LogP contribution >= 0.6 is 168 Å². The van der Waals surface area contributed by atoms with Gasteiger partial charge in [0.1, 0.15) is 0 Å². The van der Waals surface area contributed by atoms with E-state index < -0.39 is 13.7 Å². The van der Waals surface area contributed by atoms with Crippen molar-refractivity contribution < 1.29 is 171 Å². The van der Waals surface area contributed by atoms with Crippen LogP contribution in [0, 0.1) is 0 Å². The van der Waals surface area contributed by atoms with Gasteiger partial charge in [0.2, 0.25) is 0 Å². The number of carboxylic acid groups (broad SMARTS) is 2. The van der Waals surface area contributed by atoms with Gasteiger partial charge >= 0.3 is 193 Å². The first-order chi connectivity index (χ1) is 15.3. The van der Waals surface area contributed by atoms with Crippen molar-refractivity contribution in [2.24, 2.45) is 0 Å². The van der Waals surface area contributed by atoms with Crippen LogP contribution in [0.5, 0.6) is 0 Å². The molecule has 0 unspecified atom stereocenters. The van der Waals surface area contributed by atoms with E-state index in [4.69, 9.17) is 129 Å². The molecule has 0 radical (unpaired) electrons. The SMILES string of the molecule is CCN(C(C)C)C(C)C.CI.ClC(Cl)(Cl)Cl.ClC(Cl)Cl.ClCCCl.O=C([O-])[O-].O=C=O.[Cs+].[Cs+].[I][Cu][I]. The molecule has 0 bridgehead atoms. The van der Waals surface area contributed by atoms with Crippen LogP contribution in [-0.4, -0.2) is 60.1 Å². The number of hydrogen-bond donors (Lipinski definition) is 0. The zero-order valence-electron chi connectivity index (χ0n) is 20.7. The fraction of sp³-hybridized carbons (Fsp3) is 0.867. The van der Waals surface area contributed by atoms with Crippen molar-refractivity contribution in [3.05, 3.63) is 0 Å². The molecule has 36 heavy (non-hydrogen) atoms. The van der Waals surface area contributed by atoms with Crippen LogP contribution in [0.25, 0.3) is 0 Å². The average Bonchev–Trinajstić information content (AvgIpc) is 2.62. The third-order valence-electron chi connectivity index (χ3n) is 1.76. The minimum atomic E-state index is -2.33. The van der Waals surface area contributed by atoms with Crippen LogP contribution in [0.3, 0.4) is 0 Å². The van der Waals surface area contributed by atoms with Crippen LogP contribution in [0.2, 0.25) is 0 Å². The Kier molecular flexibility index (Phi) is 128. The van der Waals surface area contributed by atoms with Crippen LogP contribution in [-0.2, 0) is 18.0 Å². The maximum absolute atomic E-state index is 8.33. The van der Waals surface area contributed by atoms with Gasteiger partial charge in [-0.25, -0.2) is 0 Å². The van der Waals surface area contributed by atoms with Gasteiger partial charge in [-0.15, -0.1) is 23.2 Å². The van der Waals surface area contributed by atoms with Gasteiger partial charge in [0.05, 0.1) is 0 Å². The molecule has 0 saturated heterocycles. The molecule has 0 heterocycles. The average molecular weight is 1330 g/mol. The Morgan fingerprint density at radius 2 is 1.00 bits per heavy atom. The quantitative estimate of drug-likeness (QED) is 0.243. The molecule has 21 heteroatoms. The predicted molar refractivity (Wildman–Crippen MR) is 170 cm³/mol. The Morgan fingerprint density at radius 1 is 0.889 bits per heavy atom. The molecule has 0 aliphatic carbocycles. The molecule has 0 fully saturated rings. The van der Waals surface area contributed by atoms with Crippen molar-refractivity contribution in [1.29, 1.82) is 0 Å². The third kappa shape index (κ3) is 195. The number of carbonyl (C=O) groups excluding carboxylic acids is 3. The summed E-state index contributed by atoms with van der Waals surface area (Å²) in [6.07, 6.45) is -2.08. The van der Waals surface area contributed by atoms with Gasteiger partial charge in [0, 0.05) is 23.8 Å². The van der Waals surface area contributed by atoms with Crippen LogP contribution in [0.15, 0.2) is 0 Å². The molecule has 0 aliphatic rings. The summed E-state index contributed by atoms with van der Waals surface area (Å²) in [6, 6.07) is 1.38. The summed E-state index contributed by atoms with van der Waals surface area (Å²) >= 11 is 50.3. The molecule has 0 spiro atoms. The summed E-state index contributed by atoms with van der Waals surface area (Å²) in [4.78, 5) is 29.0. The Labute approximate surface area is 421 Å². The van der Waals surface area contributed by atoms with Gasteiger partial charge in [0.15, 0.2) is 4.30 Å². The molecule has 0 aromatic rings. The van der Waals surface area contributed by atoms with E-state index in [2.05, 4.69) is 103 Å². The van der Waals surface area contributed by atoms with E-state index in [-0.39, 0.29) is 144 Å². The number of hydrogen-bond acceptors (Lipinski definition) is 6. The first-order valence-corrected chi connectivity index (χ1v) is 20.0. The van der Waals surface area contributed by atoms with E-state index in [0.717, 1.165) is 6.54 Å². The zero-order valence-corrected chi connectivity index (χ0v) is 47.5. The summed E-state index contributed by atoms with van der Waals surface area (Å²) in [5, 5.41) is 16.7. The second-order valence-corrected chi connectivity index (χ2v) is 18.6. The number of halogens is 12. The number of rotatable bonds is 4. The number of nitrogens with zero attached hydrogens (tertiary/aromatic N) is 1. The monoisotopic (exact) mass is 1330 g/mol. The maximum atomic E-state index is 8.33. The van der Waals surface area contributed by atoms with E-state index in [9.17, 15) is 0 Å². The minimum absolute atomic E-state index is 0. The van der Waals surface area contributed by atoms with E-state index in [1.165, 1.54) is 0 Å². The predicted octanol–water partition coefficient (Wildman–Crippen LogP) is 1.93. The molecule has 219 valence electrons. The molecule has 0 saturated carbocycles. The van der Waals surface area contributed by atoms with Gasteiger partial charge in [0.25, 0.3) is 3.25 Å². The Bertz CT molecular complexity index is 374. The molecule has 0 aliphatic heterocycles. The Hall–Kier alpha value is 8.03. The number of alkyl halides is 10. The fourth-order valence-electron chi connectivity index (χ4n) is 1.33. The van der Waals surface area contributed by atoms with Crippen molar-refractivity contribution in [3.8, 4) is 0 Å². The second-order valence-electron chi connectivity index (χ2n) is 4.45. The van der Waals surface area contributed by atoms with Crippen molar-refractivity contribution in [1.82, 2.24) is 4.90 Å². The fourth-order valence-corrected chi connectivity index (χ4v) is 1.33. The van der Waals surface area contributed by atoms with E-state index in [1.807, 2.05) is 4.93 Å². The summed E-state index contributed by atoms with van der Waals surface area (Å²) in [5.74, 6) is 1.11. The van der Waals surface area contributed by atoms with Crippen molar-refractivity contribution in [2.75, 3.05) is 23.2 Å². The third-order valence-corrected chi connectivity index (χ3v) is 2.33. The van der Waals surface area contributed by atoms with Gasteiger partial charge in [-0.05, 0) is 45.3 Å². The van der Waals surface area contributed by atoms with Crippen LogP contribution in [0.1, 0.15) is 34.6 Å². The van der Waals surface area contributed by atoms with E-state index in [1.54, 1.807) is 8.46 Å². The van der Waals surface area contributed by atoms with Gasteiger partial charge < -0.3 is 15.0 Å². The molecular weight excluding hydrogens is 1300 g/mol. The topological polar surface area (TPSA) is 101 Å². The first-order valence-electron chi connectivity index (χ1n) is 7.92. The first kappa shape index (κ1) is 70.4. The van der Waals surface area contributed by atoms with Crippen LogP contribution < -0.4 is 148 Å². The molecule has 0 rings (SSSR count). The van der Waals surface area contributed by atoms with Crippen LogP contribution in [0.4, 0.5) is 4.79 Å². The number of carbonyl (C=O) groups is 1. The summed E-state index contributed by atoms with van der Waals surface area (Å²) in [5.41, 5.74) is 0. The van der Waals surface area contributed by atoms with Gasteiger partial charge in [-0.3, -0.25) is 4.90 Å². The molecule has 0 aromatic carbocycles. The summed E-state index contributed by atoms with van der Waals surface area (Å²) in [6.45, 7) is 12.3. The Balaban J connectivity index is -0.0000000279.